The van der Waals surface area contributed by atoms with Crippen LogP contribution in [-0.2, 0) is 4.74 Å². The zero-order valence-electron chi connectivity index (χ0n) is 12.0. The molecule has 3 N–H and O–H groups in total. The molecule has 1 aliphatic rings. The minimum Gasteiger partial charge on any atom is -0.396 e. The van der Waals surface area contributed by atoms with Crippen LogP contribution in [-0.4, -0.2) is 43.5 Å². The number of carbonyl (C=O) groups excluding carboxylic acids is 1. The van der Waals surface area contributed by atoms with Crippen molar-refractivity contribution in [2.75, 3.05) is 26.4 Å². The van der Waals surface area contributed by atoms with Gasteiger partial charge in [-0.25, -0.2) is 4.79 Å². The maximum Gasteiger partial charge on any atom is 0.315 e. The summed E-state index contributed by atoms with van der Waals surface area (Å²) in [7, 11) is 0. The lowest BCUT2D eigenvalue weighted by atomic mass is 9.85. The molecule has 0 heterocycles. The largest absolute Gasteiger partial charge is 0.396 e. The van der Waals surface area contributed by atoms with Crippen LogP contribution in [0, 0.1) is 5.92 Å². The summed E-state index contributed by atoms with van der Waals surface area (Å²) in [6, 6.07) is 0.0175. The first-order valence-electron chi connectivity index (χ1n) is 7.51. The summed E-state index contributed by atoms with van der Waals surface area (Å²) in [5.41, 5.74) is 0. The molecule has 2 amide bonds. The van der Waals surface area contributed by atoms with E-state index in [1.54, 1.807) is 0 Å². The van der Waals surface area contributed by atoms with Gasteiger partial charge in [0.05, 0.1) is 0 Å². The van der Waals surface area contributed by atoms with Gasteiger partial charge in [0.2, 0.25) is 0 Å². The number of amides is 2. The van der Waals surface area contributed by atoms with Crippen LogP contribution < -0.4 is 10.6 Å². The van der Waals surface area contributed by atoms with Crippen molar-refractivity contribution in [2.24, 2.45) is 5.92 Å². The van der Waals surface area contributed by atoms with Gasteiger partial charge in [-0.3, -0.25) is 0 Å². The van der Waals surface area contributed by atoms with Crippen LogP contribution in [0.2, 0.25) is 0 Å². The smallest absolute Gasteiger partial charge is 0.315 e. The molecule has 0 aromatic heterocycles. The normalized spacial score (nSPS) is 23.1. The Balaban J connectivity index is 2.09. The van der Waals surface area contributed by atoms with Gasteiger partial charge >= 0.3 is 6.03 Å². The Morgan fingerprint density at radius 3 is 2.84 bits per heavy atom. The molecule has 19 heavy (non-hydrogen) atoms. The third-order valence-corrected chi connectivity index (χ3v) is 3.67. The molecule has 2 atom stereocenters. The lowest BCUT2D eigenvalue weighted by Crippen LogP contribution is -2.47. The zero-order valence-corrected chi connectivity index (χ0v) is 12.0. The SMILES string of the molecule is CCOCCCCNC(=O)NC1CCCCC1CO. The summed E-state index contributed by atoms with van der Waals surface area (Å²) in [6.07, 6.45) is 6.18. The lowest BCUT2D eigenvalue weighted by Gasteiger charge is -2.30. The topological polar surface area (TPSA) is 70.6 Å². The Hall–Kier alpha value is -0.810. The van der Waals surface area contributed by atoms with Crippen molar-refractivity contribution in [3.05, 3.63) is 0 Å². The molecule has 1 fully saturated rings. The number of carbonyl (C=O) groups is 1. The van der Waals surface area contributed by atoms with Gasteiger partial charge < -0.3 is 20.5 Å². The minimum absolute atomic E-state index is 0.109. The molecule has 0 radical (unpaired) electrons. The summed E-state index contributed by atoms with van der Waals surface area (Å²) in [6.45, 7) is 4.33. The summed E-state index contributed by atoms with van der Waals surface area (Å²) in [5.74, 6) is 0.220. The van der Waals surface area contributed by atoms with E-state index < -0.39 is 0 Å². The maximum atomic E-state index is 11.7. The van der Waals surface area contributed by atoms with Gasteiger partial charge in [0.25, 0.3) is 0 Å². The van der Waals surface area contributed by atoms with Crippen LogP contribution in [0.15, 0.2) is 0 Å². The Morgan fingerprint density at radius 2 is 2.11 bits per heavy atom. The molecule has 5 nitrogen and oxygen atoms in total. The van der Waals surface area contributed by atoms with Gasteiger partial charge in [-0.2, -0.15) is 0 Å². The molecule has 112 valence electrons. The van der Waals surface area contributed by atoms with E-state index in [-0.39, 0.29) is 24.6 Å². The average molecular weight is 272 g/mol. The summed E-state index contributed by atoms with van der Waals surface area (Å²) in [4.78, 5) is 11.7. The second-order valence-electron chi connectivity index (χ2n) is 5.14. The van der Waals surface area contributed by atoms with Crippen molar-refractivity contribution in [2.45, 2.75) is 51.5 Å². The van der Waals surface area contributed by atoms with E-state index in [2.05, 4.69) is 10.6 Å². The van der Waals surface area contributed by atoms with Gasteiger partial charge in [0, 0.05) is 38.3 Å². The molecule has 0 aromatic carbocycles. The van der Waals surface area contributed by atoms with Gasteiger partial charge in [0.1, 0.15) is 0 Å². The quantitative estimate of drug-likeness (QED) is 0.588. The molecule has 0 bridgehead atoms. The molecule has 1 rings (SSSR count). The molecule has 0 spiro atoms. The standard InChI is InChI=1S/C14H28N2O3/c1-2-19-10-6-5-9-15-14(18)16-13-8-4-3-7-12(13)11-17/h12-13,17H,2-11H2,1H3,(H2,15,16,18). The second-order valence-corrected chi connectivity index (χ2v) is 5.14. The van der Waals surface area contributed by atoms with Crippen molar-refractivity contribution in [1.29, 1.82) is 0 Å². The van der Waals surface area contributed by atoms with E-state index in [0.29, 0.717) is 6.54 Å². The predicted molar refractivity (Wildman–Crippen MR) is 75.1 cm³/mol. The van der Waals surface area contributed by atoms with Gasteiger partial charge in [-0.15, -0.1) is 0 Å². The monoisotopic (exact) mass is 272 g/mol. The van der Waals surface area contributed by atoms with Crippen molar-refractivity contribution in [1.82, 2.24) is 10.6 Å². The van der Waals surface area contributed by atoms with Crippen LogP contribution in [0.3, 0.4) is 0 Å². The lowest BCUT2D eigenvalue weighted by molar-refractivity contribution is 0.143. The highest BCUT2D eigenvalue weighted by molar-refractivity contribution is 5.74. The number of rotatable bonds is 8. The first-order chi connectivity index (χ1) is 9.27. The van der Waals surface area contributed by atoms with E-state index in [0.717, 1.165) is 51.7 Å². The summed E-state index contributed by atoms with van der Waals surface area (Å²) < 4.78 is 5.23. The van der Waals surface area contributed by atoms with Crippen LogP contribution in [0.5, 0.6) is 0 Å². The fourth-order valence-corrected chi connectivity index (χ4v) is 2.51. The Morgan fingerprint density at radius 1 is 1.32 bits per heavy atom. The molecule has 0 aliphatic heterocycles. The fraction of sp³-hybridized carbons (Fsp3) is 0.929. The van der Waals surface area contributed by atoms with E-state index in [1.807, 2.05) is 6.92 Å². The number of unbranched alkanes of at least 4 members (excludes halogenated alkanes) is 1. The van der Waals surface area contributed by atoms with Gasteiger partial charge in [0.15, 0.2) is 0 Å². The Bertz CT molecular complexity index is 249. The van der Waals surface area contributed by atoms with Gasteiger partial charge in [-0.1, -0.05) is 12.8 Å². The number of hydrogen-bond acceptors (Lipinski definition) is 3. The molecular weight excluding hydrogens is 244 g/mol. The summed E-state index contributed by atoms with van der Waals surface area (Å²) in [5, 5.41) is 15.1. The average Bonchev–Trinajstić information content (AvgIpc) is 2.43. The number of ether oxygens (including phenoxy) is 1. The first kappa shape index (κ1) is 16.2. The van der Waals surface area contributed by atoms with Crippen LogP contribution >= 0.6 is 0 Å². The van der Waals surface area contributed by atoms with E-state index >= 15 is 0 Å². The first-order valence-corrected chi connectivity index (χ1v) is 7.51. The van der Waals surface area contributed by atoms with E-state index in [9.17, 15) is 9.90 Å². The highest BCUT2D eigenvalue weighted by atomic mass is 16.5. The third kappa shape index (κ3) is 6.78. The zero-order chi connectivity index (χ0) is 13.9. The molecule has 0 aromatic rings. The number of urea groups is 1. The van der Waals surface area contributed by atoms with Crippen molar-refractivity contribution in [3.8, 4) is 0 Å². The van der Waals surface area contributed by atoms with Crippen molar-refractivity contribution in [3.63, 3.8) is 0 Å². The van der Waals surface area contributed by atoms with Crippen LogP contribution in [0.25, 0.3) is 0 Å². The van der Waals surface area contributed by atoms with Gasteiger partial charge in [-0.05, 0) is 32.6 Å². The minimum atomic E-state index is -0.109. The van der Waals surface area contributed by atoms with Crippen molar-refractivity contribution < 1.29 is 14.6 Å². The Labute approximate surface area is 116 Å². The molecule has 1 aliphatic carbocycles. The van der Waals surface area contributed by atoms with E-state index in [1.165, 1.54) is 0 Å². The highest BCUT2D eigenvalue weighted by Crippen LogP contribution is 2.23. The number of aliphatic hydroxyl groups excluding tert-OH is 1. The summed E-state index contributed by atoms with van der Waals surface area (Å²) >= 11 is 0. The third-order valence-electron chi connectivity index (χ3n) is 3.67. The van der Waals surface area contributed by atoms with Crippen LogP contribution in [0.4, 0.5) is 4.79 Å². The van der Waals surface area contributed by atoms with E-state index in [4.69, 9.17) is 4.74 Å². The number of aliphatic hydroxyl groups is 1. The molecule has 1 saturated carbocycles. The fourth-order valence-electron chi connectivity index (χ4n) is 2.51. The molecule has 2 unspecified atom stereocenters. The molecule has 0 saturated heterocycles. The number of hydrogen-bond donors (Lipinski definition) is 3. The van der Waals surface area contributed by atoms with Crippen LogP contribution in [0.1, 0.15) is 45.4 Å². The van der Waals surface area contributed by atoms with Crippen molar-refractivity contribution >= 4 is 6.03 Å². The number of nitrogens with one attached hydrogen (secondary N) is 2. The predicted octanol–water partition coefficient (Wildman–Crippen LogP) is 1.65. The molecule has 5 heteroatoms. The second kappa shape index (κ2) is 10.0. The maximum absolute atomic E-state index is 11.7. The highest BCUT2D eigenvalue weighted by Gasteiger charge is 2.25. The Kier molecular flexibility index (Phi) is 8.58. The molecular formula is C14H28N2O3.